The van der Waals surface area contributed by atoms with E-state index in [1.807, 2.05) is 46.8 Å². The number of piperidine rings is 3. The zero-order valence-corrected chi connectivity index (χ0v) is 17.8. The maximum Gasteiger partial charge on any atom is 0.248 e. The van der Waals surface area contributed by atoms with Gasteiger partial charge in [0.1, 0.15) is 0 Å². The molecule has 1 amide bonds. The van der Waals surface area contributed by atoms with Gasteiger partial charge in [0.25, 0.3) is 0 Å². The first kappa shape index (κ1) is 25.9. The van der Waals surface area contributed by atoms with Crippen LogP contribution < -0.4 is 5.73 Å². The van der Waals surface area contributed by atoms with Gasteiger partial charge in [0, 0.05) is 5.56 Å². The molecule has 1 aromatic carbocycles. The van der Waals surface area contributed by atoms with E-state index >= 15 is 0 Å². The number of primary amides is 1. The highest BCUT2D eigenvalue weighted by atomic mass is 16.1. The largest absolute Gasteiger partial charge is 0.366 e. The Morgan fingerprint density at radius 3 is 1.68 bits per heavy atom. The zero-order chi connectivity index (χ0) is 19.7. The minimum absolute atomic E-state index is 0.372. The number of hydrogen-bond acceptors (Lipinski definition) is 2. The van der Waals surface area contributed by atoms with E-state index in [2.05, 4.69) is 18.7 Å². The Morgan fingerprint density at radius 1 is 1.04 bits per heavy atom. The molecular weight excluding hydrogens is 308 g/mol. The van der Waals surface area contributed by atoms with Crippen LogP contribution in [0.4, 0.5) is 0 Å². The molecule has 3 heteroatoms. The van der Waals surface area contributed by atoms with Gasteiger partial charge in [-0.1, -0.05) is 65.7 Å². The molecule has 25 heavy (non-hydrogen) atoms. The van der Waals surface area contributed by atoms with Gasteiger partial charge in [0.15, 0.2) is 0 Å². The fraction of sp³-hybridized carbons (Fsp3) is 0.682. The van der Waals surface area contributed by atoms with Crippen molar-refractivity contribution in [1.29, 1.82) is 0 Å². The van der Waals surface area contributed by atoms with Gasteiger partial charge < -0.3 is 10.6 Å². The van der Waals surface area contributed by atoms with Crippen molar-refractivity contribution in [2.45, 2.75) is 74.1 Å². The van der Waals surface area contributed by atoms with Crippen LogP contribution >= 0.6 is 0 Å². The second kappa shape index (κ2) is 17.5. The van der Waals surface area contributed by atoms with Crippen LogP contribution in [-0.2, 0) is 0 Å². The van der Waals surface area contributed by atoms with Crippen LogP contribution in [0.15, 0.2) is 24.3 Å². The molecule has 1 aromatic rings. The lowest BCUT2D eigenvalue weighted by atomic mass is 9.89. The summed E-state index contributed by atoms with van der Waals surface area (Å²) in [4.78, 5) is 13.2. The molecule has 0 aromatic heterocycles. The minimum atomic E-state index is -0.372. The molecule has 0 saturated carbocycles. The molecule has 3 heterocycles. The average Bonchev–Trinajstić information content (AvgIpc) is 2.68. The first-order chi connectivity index (χ1) is 12.1. The Kier molecular flexibility index (Phi) is 18.1. The summed E-state index contributed by atoms with van der Waals surface area (Å²) < 4.78 is 0. The molecule has 3 aliphatic heterocycles. The highest BCUT2D eigenvalue weighted by molar-refractivity contribution is 5.92. The normalized spacial score (nSPS) is 19.3. The Balaban J connectivity index is 0. The van der Waals surface area contributed by atoms with E-state index in [0.29, 0.717) is 5.56 Å². The van der Waals surface area contributed by atoms with E-state index in [0.717, 1.165) is 11.5 Å². The van der Waals surface area contributed by atoms with Gasteiger partial charge >= 0.3 is 0 Å². The van der Waals surface area contributed by atoms with E-state index in [1.165, 1.54) is 45.3 Å². The third kappa shape index (κ3) is 12.6. The summed E-state index contributed by atoms with van der Waals surface area (Å²) in [5.74, 6) is 0.740. The van der Waals surface area contributed by atoms with Crippen molar-refractivity contribution in [3.05, 3.63) is 35.4 Å². The molecule has 0 radical (unpaired) electrons. The Bertz CT molecular complexity index is 401. The average molecular weight is 351 g/mol. The van der Waals surface area contributed by atoms with Crippen LogP contribution in [0.25, 0.3) is 0 Å². The smallest absolute Gasteiger partial charge is 0.248 e. The lowest BCUT2D eigenvalue weighted by molar-refractivity contribution is 0.1000. The van der Waals surface area contributed by atoms with Gasteiger partial charge in [-0.3, -0.25) is 4.79 Å². The maximum atomic E-state index is 10.6. The number of amides is 1. The summed E-state index contributed by atoms with van der Waals surface area (Å²) in [6.45, 7) is 18.4. The van der Waals surface area contributed by atoms with Crippen LogP contribution in [0.2, 0.25) is 0 Å². The number of aryl methyl sites for hydroxylation is 1. The summed E-state index contributed by atoms with van der Waals surface area (Å²) in [6.07, 6.45) is 5.71. The number of nitrogens with two attached hydrogens (primary N) is 1. The van der Waals surface area contributed by atoms with Crippen LogP contribution in [-0.4, -0.2) is 30.4 Å². The third-order valence-corrected chi connectivity index (χ3v) is 3.86. The third-order valence-electron chi connectivity index (χ3n) is 3.86. The molecule has 0 spiro atoms. The Hall–Kier alpha value is -1.35. The number of carbonyl (C=O) groups excluding carboxylic acids is 1. The van der Waals surface area contributed by atoms with Crippen molar-refractivity contribution >= 4 is 5.91 Å². The van der Waals surface area contributed by atoms with Crippen molar-refractivity contribution in [2.75, 3.05) is 19.6 Å². The van der Waals surface area contributed by atoms with Crippen LogP contribution in [0.5, 0.6) is 0 Å². The molecule has 3 nitrogen and oxygen atoms in total. The predicted molar refractivity (Wildman–Crippen MR) is 112 cm³/mol. The summed E-state index contributed by atoms with van der Waals surface area (Å²) in [7, 11) is 0. The first-order valence-electron chi connectivity index (χ1n) is 10.2. The lowest BCUT2D eigenvalue weighted by Crippen LogP contribution is -2.41. The Labute approximate surface area is 157 Å². The number of hydrogen-bond donors (Lipinski definition) is 1. The Morgan fingerprint density at radius 2 is 1.48 bits per heavy atom. The fourth-order valence-electron chi connectivity index (χ4n) is 2.66. The van der Waals surface area contributed by atoms with Crippen molar-refractivity contribution in [3.8, 4) is 0 Å². The van der Waals surface area contributed by atoms with Crippen LogP contribution in [0.3, 0.4) is 0 Å². The van der Waals surface area contributed by atoms with Crippen molar-refractivity contribution < 1.29 is 4.79 Å². The molecule has 2 bridgehead atoms. The molecule has 0 atom stereocenters. The quantitative estimate of drug-likeness (QED) is 0.710. The summed E-state index contributed by atoms with van der Waals surface area (Å²) in [6, 6.07) is 7.21. The standard InChI is InChI=1S/C8H9NO.C7H13N.C3H8.2C2H6/c1-6-3-2-4-7(5-6)8(9)10;1-4-8-5-2-7(1)3-6-8;1-3-2;2*1-2/h2-5H,1H3,(H2,9,10);7H,1-6H2;3H2,1-2H3;2*1-2H3. The SMILES string of the molecule is C1CN2CCC1CC2.CC.CC.CCC.Cc1cccc(C(N)=O)c1. The number of carbonyl (C=O) groups is 1. The van der Waals surface area contributed by atoms with Crippen LogP contribution in [0, 0.1) is 12.8 Å². The van der Waals surface area contributed by atoms with E-state index in [1.54, 1.807) is 12.1 Å². The summed E-state index contributed by atoms with van der Waals surface area (Å²) >= 11 is 0. The summed E-state index contributed by atoms with van der Waals surface area (Å²) in [5, 5.41) is 0. The highest BCUT2D eigenvalue weighted by Crippen LogP contribution is 2.26. The second-order valence-corrected chi connectivity index (χ2v) is 6.01. The van der Waals surface area contributed by atoms with Gasteiger partial charge in [0.05, 0.1) is 0 Å². The molecule has 3 saturated heterocycles. The molecule has 146 valence electrons. The minimum Gasteiger partial charge on any atom is -0.366 e. The van der Waals surface area contributed by atoms with Gasteiger partial charge in [0.2, 0.25) is 5.91 Å². The summed E-state index contributed by atoms with van der Waals surface area (Å²) in [5.41, 5.74) is 6.67. The molecule has 4 rings (SSSR count). The number of fused-ring (bicyclic) bond motifs is 3. The van der Waals surface area contributed by atoms with Crippen molar-refractivity contribution in [3.63, 3.8) is 0 Å². The number of benzene rings is 1. The van der Waals surface area contributed by atoms with Gasteiger partial charge in [-0.05, 0) is 63.9 Å². The molecule has 0 aliphatic carbocycles. The van der Waals surface area contributed by atoms with Gasteiger partial charge in [-0.15, -0.1) is 0 Å². The molecule has 3 fully saturated rings. The molecular formula is C22H42N2O. The zero-order valence-electron chi connectivity index (χ0n) is 17.8. The molecule has 2 N–H and O–H groups in total. The second-order valence-electron chi connectivity index (χ2n) is 6.01. The van der Waals surface area contributed by atoms with E-state index in [9.17, 15) is 4.79 Å². The van der Waals surface area contributed by atoms with Crippen LogP contribution in [0.1, 0.15) is 83.1 Å². The van der Waals surface area contributed by atoms with E-state index in [-0.39, 0.29) is 5.91 Å². The topological polar surface area (TPSA) is 46.3 Å². The molecule has 3 aliphatic rings. The first-order valence-corrected chi connectivity index (χ1v) is 10.2. The highest BCUT2D eigenvalue weighted by Gasteiger charge is 2.24. The number of nitrogens with zero attached hydrogens (tertiary/aromatic N) is 1. The monoisotopic (exact) mass is 350 g/mol. The van der Waals surface area contributed by atoms with E-state index in [4.69, 9.17) is 5.73 Å². The van der Waals surface area contributed by atoms with Gasteiger partial charge in [-0.25, -0.2) is 0 Å². The molecule has 0 unspecified atom stereocenters. The van der Waals surface area contributed by atoms with Gasteiger partial charge in [-0.2, -0.15) is 0 Å². The number of rotatable bonds is 1. The predicted octanol–water partition coefficient (Wildman–Crippen LogP) is 5.66. The fourth-order valence-corrected chi connectivity index (χ4v) is 2.66. The maximum absolute atomic E-state index is 10.6. The van der Waals surface area contributed by atoms with E-state index < -0.39 is 0 Å². The van der Waals surface area contributed by atoms with Crippen molar-refractivity contribution in [1.82, 2.24) is 4.90 Å². The van der Waals surface area contributed by atoms with Crippen molar-refractivity contribution in [2.24, 2.45) is 11.7 Å². The lowest BCUT2D eigenvalue weighted by Gasteiger charge is -2.38.